The largest absolute Gasteiger partial charge is 0.329 e. The summed E-state index contributed by atoms with van der Waals surface area (Å²) in [6, 6.07) is 7.84. The average molecular weight is 242 g/mol. The van der Waals surface area contributed by atoms with Gasteiger partial charge in [-0.05, 0) is 23.9 Å². The first-order valence-electron chi connectivity index (χ1n) is 5.20. The van der Waals surface area contributed by atoms with Crippen molar-refractivity contribution in [2.24, 2.45) is 7.05 Å². The van der Waals surface area contributed by atoms with Crippen LogP contribution in [0.25, 0.3) is 11.0 Å². The minimum atomic E-state index is 0.859. The van der Waals surface area contributed by atoms with Gasteiger partial charge in [0.05, 0.1) is 17.2 Å². The third-order valence-corrected chi connectivity index (χ3v) is 3.38. The number of fused-ring (bicyclic) bond motifs is 1. The summed E-state index contributed by atoms with van der Waals surface area (Å²) in [7, 11) is 1.96. The maximum Gasteiger partial charge on any atom is 0.174 e. The van der Waals surface area contributed by atoms with Crippen LogP contribution in [0.5, 0.6) is 0 Å². The molecule has 0 amide bonds. The van der Waals surface area contributed by atoms with Crippen LogP contribution < -0.4 is 0 Å². The number of imidazole rings is 1. The number of benzene rings is 1. The van der Waals surface area contributed by atoms with E-state index in [0.29, 0.717) is 0 Å². The highest BCUT2D eigenvalue weighted by atomic mass is 32.2. The van der Waals surface area contributed by atoms with Crippen molar-refractivity contribution in [3.63, 3.8) is 0 Å². The Labute approximate surface area is 103 Å². The number of aryl methyl sites for hydroxylation is 1. The molecule has 2 heterocycles. The highest BCUT2D eigenvalue weighted by molar-refractivity contribution is 7.99. The summed E-state index contributed by atoms with van der Waals surface area (Å²) in [6.07, 6.45) is 5.47. The molecule has 0 unspecified atom stereocenters. The summed E-state index contributed by atoms with van der Waals surface area (Å²) in [5.74, 6) is 0. The number of hydrogen-bond acceptors (Lipinski definition) is 4. The van der Waals surface area contributed by atoms with E-state index in [-0.39, 0.29) is 0 Å². The third-order valence-electron chi connectivity index (χ3n) is 2.40. The molecule has 3 aromatic rings. The maximum absolute atomic E-state index is 4.54. The molecule has 5 heteroatoms. The Hall–Kier alpha value is -1.88. The maximum atomic E-state index is 4.54. The second-order valence-corrected chi connectivity index (χ2v) is 4.61. The first-order chi connectivity index (χ1) is 8.33. The molecule has 0 N–H and O–H groups in total. The van der Waals surface area contributed by atoms with Gasteiger partial charge in [0.1, 0.15) is 5.03 Å². The third kappa shape index (κ3) is 2.01. The lowest BCUT2D eigenvalue weighted by atomic mass is 10.3. The summed E-state index contributed by atoms with van der Waals surface area (Å²) in [5.41, 5.74) is 1.82. The lowest BCUT2D eigenvalue weighted by molar-refractivity contribution is 0.788. The zero-order chi connectivity index (χ0) is 11.7. The zero-order valence-electron chi connectivity index (χ0n) is 9.24. The van der Waals surface area contributed by atoms with Gasteiger partial charge in [-0.2, -0.15) is 0 Å². The molecule has 2 aromatic heterocycles. The van der Waals surface area contributed by atoms with Crippen LogP contribution in [0, 0.1) is 0 Å². The van der Waals surface area contributed by atoms with E-state index in [4.69, 9.17) is 0 Å². The second-order valence-electron chi connectivity index (χ2n) is 3.62. The van der Waals surface area contributed by atoms with Crippen molar-refractivity contribution in [1.82, 2.24) is 19.5 Å². The minimum Gasteiger partial charge on any atom is -0.329 e. The highest BCUT2D eigenvalue weighted by Crippen LogP contribution is 2.24. The molecule has 0 aliphatic rings. The summed E-state index contributed by atoms with van der Waals surface area (Å²) >= 11 is 1.51. The summed E-state index contributed by atoms with van der Waals surface area (Å²) in [6.45, 7) is 0. The predicted molar refractivity (Wildman–Crippen MR) is 66.9 cm³/mol. The van der Waals surface area contributed by atoms with Crippen molar-refractivity contribution in [2.75, 3.05) is 0 Å². The molecule has 0 aliphatic heterocycles. The highest BCUT2D eigenvalue weighted by Gasteiger charge is 2.05. The fourth-order valence-corrected chi connectivity index (χ4v) is 2.29. The van der Waals surface area contributed by atoms with Crippen LogP contribution in [0.4, 0.5) is 0 Å². The lowest BCUT2D eigenvalue weighted by Crippen LogP contribution is -1.91. The van der Waals surface area contributed by atoms with Crippen molar-refractivity contribution in [3.05, 3.63) is 42.9 Å². The van der Waals surface area contributed by atoms with E-state index in [1.54, 1.807) is 12.4 Å². The van der Waals surface area contributed by atoms with Crippen molar-refractivity contribution in [1.29, 1.82) is 0 Å². The van der Waals surface area contributed by atoms with E-state index < -0.39 is 0 Å². The van der Waals surface area contributed by atoms with Crippen LogP contribution in [0.3, 0.4) is 0 Å². The molecule has 1 aromatic carbocycles. The SMILES string of the molecule is Cn1ccnc1Sc1cnc2ccccc2n1. The van der Waals surface area contributed by atoms with Crippen LogP contribution >= 0.6 is 11.8 Å². The van der Waals surface area contributed by atoms with Gasteiger partial charge in [-0.3, -0.25) is 4.98 Å². The molecule has 0 aliphatic carbocycles. The van der Waals surface area contributed by atoms with Crippen molar-refractivity contribution < 1.29 is 0 Å². The Morgan fingerprint density at radius 1 is 1.12 bits per heavy atom. The molecule has 0 spiro atoms. The molecule has 4 nitrogen and oxygen atoms in total. The monoisotopic (exact) mass is 242 g/mol. The van der Waals surface area contributed by atoms with E-state index in [9.17, 15) is 0 Å². The Balaban J connectivity index is 1.99. The topological polar surface area (TPSA) is 43.6 Å². The van der Waals surface area contributed by atoms with Crippen LogP contribution in [0.1, 0.15) is 0 Å². The van der Waals surface area contributed by atoms with Gasteiger partial charge < -0.3 is 4.57 Å². The average Bonchev–Trinajstić information content (AvgIpc) is 2.75. The first kappa shape index (κ1) is 10.3. The molecule has 3 rings (SSSR count). The second kappa shape index (κ2) is 4.18. The Morgan fingerprint density at radius 3 is 2.71 bits per heavy atom. The smallest absolute Gasteiger partial charge is 0.174 e. The molecular formula is C12H10N4S. The molecule has 17 heavy (non-hydrogen) atoms. The fourth-order valence-electron chi connectivity index (χ4n) is 1.53. The Morgan fingerprint density at radius 2 is 1.94 bits per heavy atom. The van der Waals surface area contributed by atoms with Crippen LogP contribution in [-0.4, -0.2) is 19.5 Å². The Bertz CT molecular complexity index is 662. The number of hydrogen-bond donors (Lipinski definition) is 0. The number of aromatic nitrogens is 4. The number of para-hydroxylation sites is 2. The van der Waals surface area contributed by atoms with Crippen molar-refractivity contribution >= 4 is 22.8 Å². The standard InChI is InChI=1S/C12H10N4S/c1-16-7-6-13-12(16)17-11-8-14-9-4-2-3-5-10(9)15-11/h2-8H,1H3. The summed E-state index contributed by atoms with van der Waals surface area (Å²) < 4.78 is 1.96. The molecule has 0 saturated heterocycles. The molecule has 0 radical (unpaired) electrons. The van der Waals surface area contributed by atoms with Gasteiger partial charge in [0.25, 0.3) is 0 Å². The van der Waals surface area contributed by atoms with Gasteiger partial charge in [-0.25, -0.2) is 9.97 Å². The van der Waals surface area contributed by atoms with Crippen molar-refractivity contribution in [2.45, 2.75) is 10.2 Å². The number of rotatable bonds is 2. The van der Waals surface area contributed by atoms with Crippen molar-refractivity contribution in [3.8, 4) is 0 Å². The van der Waals surface area contributed by atoms with Gasteiger partial charge in [0.2, 0.25) is 0 Å². The van der Waals surface area contributed by atoms with E-state index in [2.05, 4.69) is 15.0 Å². The van der Waals surface area contributed by atoms with Gasteiger partial charge in [0.15, 0.2) is 5.16 Å². The molecule has 0 fully saturated rings. The number of nitrogens with zero attached hydrogens (tertiary/aromatic N) is 4. The van der Waals surface area contributed by atoms with Gasteiger partial charge in [0, 0.05) is 19.4 Å². The van der Waals surface area contributed by atoms with E-state index in [1.807, 2.05) is 42.1 Å². The fraction of sp³-hybridized carbons (Fsp3) is 0.0833. The summed E-state index contributed by atoms with van der Waals surface area (Å²) in [5, 5.41) is 1.77. The van der Waals surface area contributed by atoms with Gasteiger partial charge >= 0.3 is 0 Å². The molecule has 84 valence electrons. The lowest BCUT2D eigenvalue weighted by Gasteiger charge is -2.01. The van der Waals surface area contributed by atoms with E-state index >= 15 is 0 Å². The predicted octanol–water partition coefficient (Wildman–Crippen LogP) is 2.51. The Kier molecular flexibility index (Phi) is 2.53. The van der Waals surface area contributed by atoms with Crippen LogP contribution in [0.2, 0.25) is 0 Å². The normalized spacial score (nSPS) is 10.9. The van der Waals surface area contributed by atoms with Gasteiger partial charge in [-0.15, -0.1) is 0 Å². The van der Waals surface area contributed by atoms with Crippen LogP contribution in [-0.2, 0) is 7.05 Å². The molecule has 0 bridgehead atoms. The van der Waals surface area contributed by atoms with Gasteiger partial charge in [-0.1, -0.05) is 12.1 Å². The molecule has 0 atom stereocenters. The molecular weight excluding hydrogens is 232 g/mol. The minimum absolute atomic E-state index is 0.859. The zero-order valence-corrected chi connectivity index (χ0v) is 10.1. The first-order valence-corrected chi connectivity index (χ1v) is 6.01. The molecule has 0 saturated carbocycles. The van der Waals surface area contributed by atoms with Crippen LogP contribution in [0.15, 0.2) is 53.0 Å². The quantitative estimate of drug-likeness (QED) is 0.692. The van der Waals surface area contributed by atoms with E-state index in [0.717, 1.165) is 21.2 Å². The van der Waals surface area contributed by atoms with E-state index in [1.165, 1.54) is 11.8 Å². The summed E-state index contributed by atoms with van der Waals surface area (Å²) in [4.78, 5) is 13.2.